The van der Waals surface area contributed by atoms with E-state index >= 15 is 0 Å². The van der Waals surface area contributed by atoms with Gasteiger partial charge in [0.05, 0.1) is 11.4 Å². The van der Waals surface area contributed by atoms with Crippen LogP contribution < -0.4 is 4.74 Å². The summed E-state index contributed by atoms with van der Waals surface area (Å²) in [7, 11) is 0. The molecular formula is C21H18N4O2. The van der Waals surface area contributed by atoms with E-state index in [-0.39, 0.29) is 23.3 Å². The van der Waals surface area contributed by atoms with Crippen LogP contribution in [0.2, 0.25) is 0 Å². The zero-order chi connectivity index (χ0) is 19.4. The van der Waals surface area contributed by atoms with Crippen molar-refractivity contribution in [1.29, 1.82) is 10.5 Å². The number of carbonyl (C=O) groups is 1. The fourth-order valence-electron chi connectivity index (χ4n) is 4.67. The lowest BCUT2D eigenvalue weighted by Crippen LogP contribution is -2.46. The van der Waals surface area contributed by atoms with E-state index in [1.54, 1.807) is 12.1 Å². The number of benzene rings is 1. The van der Waals surface area contributed by atoms with Crippen molar-refractivity contribution in [2.75, 3.05) is 0 Å². The summed E-state index contributed by atoms with van der Waals surface area (Å²) in [5, 5.41) is 18.6. The number of esters is 1. The Hall–Kier alpha value is -3.25. The first-order valence-electron chi connectivity index (χ1n) is 8.86. The molecule has 0 N–H and O–H groups in total. The summed E-state index contributed by atoms with van der Waals surface area (Å²) >= 11 is 0. The number of nitriles is 2. The number of ether oxygens (including phenoxy) is 1. The van der Waals surface area contributed by atoms with E-state index in [4.69, 9.17) is 4.74 Å². The number of fused-ring (bicyclic) bond motifs is 5. The molecule has 1 saturated carbocycles. The Morgan fingerprint density at radius 3 is 2.41 bits per heavy atom. The highest BCUT2D eigenvalue weighted by Gasteiger charge is 2.69. The summed E-state index contributed by atoms with van der Waals surface area (Å²) in [6.45, 7) is 6.00. The average Bonchev–Trinajstić information content (AvgIpc) is 3.04. The molecule has 1 heterocycles. The predicted octanol–water partition coefficient (Wildman–Crippen LogP) is 3.29. The monoisotopic (exact) mass is 358 g/mol. The van der Waals surface area contributed by atoms with Gasteiger partial charge < -0.3 is 4.74 Å². The van der Waals surface area contributed by atoms with Crippen LogP contribution in [0.3, 0.4) is 0 Å². The number of hydrogen-bond donors (Lipinski definition) is 0. The van der Waals surface area contributed by atoms with Gasteiger partial charge in [0.15, 0.2) is 11.4 Å². The van der Waals surface area contributed by atoms with Crippen LogP contribution in [0.25, 0.3) is 0 Å². The summed E-state index contributed by atoms with van der Waals surface area (Å²) in [6.07, 6.45) is 1.36. The van der Waals surface area contributed by atoms with Crippen molar-refractivity contribution >= 4 is 5.97 Å². The summed E-state index contributed by atoms with van der Waals surface area (Å²) in [5.74, 6) is 0.112. The van der Waals surface area contributed by atoms with Crippen LogP contribution in [-0.2, 0) is 10.2 Å². The van der Waals surface area contributed by atoms with Crippen LogP contribution in [0.15, 0.2) is 24.3 Å². The molecule has 134 valence electrons. The number of aromatic nitrogens is 2. The highest BCUT2D eigenvalue weighted by molar-refractivity contribution is 5.88. The van der Waals surface area contributed by atoms with E-state index in [0.29, 0.717) is 23.6 Å². The number of hydrogen-bond acceptors (Lipinski definition) is 6. The van der Waals surface area contributed by atoms with Gasteiger partial charge in [0.1, 0.15) is 23.3 Å². The molecule has 2 aliphatic carbocycles. The van der Waals surface area contributed by atoms with Gasteiger partial charge in [-0.3, -0.25) is 4.79 Å². The Labute approximate surface area is 157 Å². The topological polar surface area (TPSA) is 99.7 Å². The van der Waals surface area contributed by atoms with Crippen molar-refractivity contribution in [2.45, 2.75) is 44.9 Å². The van der Waals surface area contributed by atoms with Gasteiger partial charge in [0, 0.05) is 5.92 Å². The maximum atomic E-state index is 13.4. The van der Waals surface area contributed by atoms with Crippen LogP contribution in [0.4, 0.5) is 0 Å². The van der Waals surface area contributed by atoms with Crippen LogP contribution in [0.5, 0.6) is 5.75 Å². The maximum Gasteiger partial charge on any atom is 0.324 e. The normalized spacial score (nSPS) is 24.0. The molecule has 0 saturated heterocycles. The fraction of sp³-hybridized carbons (Fsp3) is 0.381. The Kier molecular flexibility index (Phi) is 3.58. The van der Waals surface area contributed by atoms with Crippen molar-refractivity contribution in [3.05, 3.63) is 52.6 Å². The molecule has 2 aromatic rings. The summed E-state index contributed by atoms with van der Waals surface area (Å²) in [6, 6.07) is 11.2. The van der Waals surface area contributed by atoms with Gasteiger partial charge >= 0.3 is 5.97 Å². The fourth-order valence-corrected chi connectivity index (χ4v) is 4.67. The molecular weight excluding hydrogens is 340 g/mol. The van der Waals surface area contributed by atoms with Gasteiger partial charge in [0.25, 0.3) is 0 Å². The van der Waals surface area contributed by atoms with Crippen molar-refractivity contribution < 1.29 is 9.53 Å². The Bertz CT molecular complexity index is 1040. The summed E-state index contributed by atoms with van der Waals surface area (Å²) in [4.78, 5) is 22.2. The minimum absolute atomic E-state index is 0.00501. The van der Waals surface area contributed by atoms with Gasteiger partial charge in [-0.05, 0) is 37.3 Å². The second kappa shape index (κ2) is 5.62. The number of nitrogens with zero attached hydrogens (tertiary/aromatic N) is 4. The second-order valence-electron chi connectivity index (χ2n) is 7.80. The lowest BCUT2D eigenvalue weighted by Gasteiger charge is -2.35. The van der Waals surface area contributed by atoms with E-state index in [9.17, 15) is 15.3 Å². The van der Waals surface area contributed by atoms with E-state index in [0.717, 1.165) is 12.0 Å². The van der Waals surface area contributed by atoms with E-state index in [2.05, 4.69) is 9.97 Å². The van der Waals surface area contributed by atoms with Gasteiger partial charge in [-0.15, -0.1) is 0 Å². The van der Waals surface area contributed by atoms with Crippen LogP contribution in [-0.4, -0.2) is 15.9 Å². The van der Waals surface area contributed by atoms with Crippen LogP contribution >= 0.6 is 0 Å². The summed E-state index contributed by atoms with van der Waals surface area (Å²) in [5.41, 5.74) is 0.777. The molecule has 1 aromatic heterocycles. The first kappa shape index (κ1) is 17.2. The van der Waals surface area contributed by atoms with Crippen LogP contribution in [0, 0.1) is 35.0 Å². The largest absolute Gasteiger partial charge is 0.426 e. The first-order valence-corrected chi connectivity index (χ1v) is 8.86. The van der Waals surface area contributed by atoms with Gasteiger partial charge in [-0.2, -0.15) is 10.5 Å². The SMILES string of the molecule is Cc1ccc(OC(=O)C23CCC(c4nc(C#N)c(C#N)nc42)C3(C)C)cc1. The zero-order valence-corrected chi connectivity index (χ0v) is 15.4. The second-order valence-corrected chi connectivity index (χ2v) is 7.80. The molecule has 2 aliphatic rings. The van der Waals surface area contributed by atoms with Gasteiger partial charge in [0.2, 0.25) is 0 Å². The average molecular weight is 358 g/mol. The molecule has 6 nitrogen and oxygen atoms in total. The van der Waals surface area contributed by atoms with Crippen LogP contribution in [0.1, 0.15) is 60.9 Å². The molecule has 1 aromatic carbocycles. The number of rotatable bonds is 2. The molecule has 2 atom stereocenters. The lowest BCUT2D eigenvalue weighted by atomic mass is 9.68. The smallest absolute Gasteiger partial charge is 0.324 e. The van der Waals surface area contributed by atoms with Crippen molar-refractivity contribution in [2.24, 2.45) is 5.41 Å². The molecule has 0 aliphatic heterocycles. The van der Waals surface area contributed by atoms with Gasteiger partial charge in [-0.25, -0.2) is 9.97 Å². The predicted molar refractivity (Wildman–Crippen MR) is 95.7 cm³/mol. The molecule has 2 bridgehead atoms. The Morgan fingerprint density at radius 2 is 1.78 bits per heavy atom. The Morgan fingerprint density at radius 1 is 1.15 bits per heavy atom. The lowest BCUT2D eigenvalue weighted by molar-refractivity contribution is -0.144. The third-order valence-corrected chi connectivity index (χ3v) is 6.23. The highest BCUT2D eigenvalue weighted by atomic mass is 16.5. The zero-order valence-electron chi connectivity index (χ0n) is 15.4. The number of carbonyl (C=O) groups excluding carboxylic acids is 1. The van der Waals surface area contributed by atoms with Crippen molar-refractivity contribution in [3.8, 4) is 17.9 Å². The molecule has 4 rings (SSSR count). The summed E-state index contributed by atoms with van der Waals surface area (Å²) < 4.78 is 5.74. The molecule has 27 heavy (non-hydrogen) atoms. The first-order chi connectivity index (χ1) is 12.8. The molecule has 6 heteroatoms. The molecule has 0 amide bonds. The standard InChI is InChI=1S/C21H18N4O2/c1-12-4-6-13(7-5-12)27-19(26)21-9-8-14(20(21,2)3)17-18(21)25-16(11-23)15(10-22)24-17/h4-7,14H,8-9H2,1-3H3. The van der Waals surface area contributed by atoms with E-state index in [1.807, 2.05) is 45.0 Å². The third-order valence-electron chi connectivity index (χ3n) is 6.23. The number of aryl methyl sites for hydroxylation is 1. The van der Waals surface area contributed by atoms with E-state index in [1.165, 1.54) is 0 Å². The quantitative estimate of drug-likeness (QED) is 0.603. The van der Waals surface area contributed by atoms with Gasteiger partial charge in [-0.1, -0.05) is 31.5 Å². The molecule has 1 fully saturated rings. The minimum atomic E-state index is -0.968. The van der Waals surface area contributed by atoms with Crippen molar-refractivity contribution in [3.63, 3.8) is 0 Å². The third kappa shape index (κ3) is 2.13. The molecule has 2 unspecified atom stereocenters. The Balaban J connectivity index is 1.84. The maximum absolute atomic E-state index is 13.4. The highest BCUT2D eigenvalue weighted by Crippen LogP contribution is 2.67. The van der Waals surface area contributed by atoms with E-state index < -0.39 is 10.8 Å². The minimum Gasteiger partial charge on any atom is -0.426 e. The van der Waals surface area contributed by atoms with Crippen molar-refractivity contribution in [1.82, 2.24) is 9.97 Å². The molecule has 0 radical (unpaired) electrons. The molecule has 0 spiro atoms.